The van der Waals surface area contributed by atoms with E-state index in [2.05, 4.69) is 9.97 Å². The van der Waals surface area contributed by atoms with Gasteiger partial charge in [-0.05, 0) is 18.2 Å². The fourth-order valence-corrected chi connectivity index (χ4v) is 1.63. The van der Waals surface area contributed by atoms with Crippen LogP contribution in [0.2, 0.25) is 10.0 Å². The molecule has 1 heterocycles. The van der Waals surface area contributed by atoms with Gasteiger partial charge in [-0.2, -0.15) is 4.98 Å². The van der Waals surface area contributed by atoms with Crippen LogP contribution in [0.4, 0.5) is 5.95 Å². The second-order valence-electron chi connectivity index (χ2n) is 2.96. The number of halogens is 2. The molecular weight excluding hydrogens is 249 g/mol. The number of nitrogen functional groups attached to an aromatic ring is 1. The van der Waals surface area contributed by atoms with Crippen molar-refractivity contribution in [2.24, 2.45) is 0 Å². The zero-order chi connectivity index (χ0) is 11.5. The van der Waals surface area contributed by atoms with E-state index < -0.39 is 0 Å². The maximum Gasteiger partial charge on any atom is 0.224 e. The molecule has 0 radical (unpaired) electrons. The molecule has 6 heteroatoms. The number of rotatable bonds is 2. The van der Waals surface area contributed by atoms with Crippen molar-refractivity contribution >= 4 is 29.2 Å². The zero-order valence-corrected chi connectivity index (χ0v) is 9.53. The second kappa shape index (κ2) is 4.55. The average molecular weight is 256 g/mol. The molecule has 0 aliphatic carbocycles. The van der Waals surface area contributed by atoms with Gasteiger partial charge in [0.25, 0.3) is 0 Å². The minimum Gasteiger partial charge on any atom is -0.439 e. The van der Waals surface area contributed by atoms with Gasteiger partial charge in [0.1, 0.15) is 5.75 Å². The van der Waals surface area contributed by atoms with Crippen molar-refractivity contribution in [3.05, 3.63) is 40.5 Å². The summed E-state index contributed by atoms with van der Waals surface area (Å²) in [6.07, 6.45) is 1.50. The Morgan fingerprint density at radius 1 is 1.12 bits per heavy atom. The molecule has 0 spiro atoms. The number of nitrogens with two attached hydrogens (primary N) is 1. The first kappa shape index (κ1) is 11.0. The van der Waals surface area contributed by atoms with Crippen LogP contribution in [0.3, 0.4) is 0 Å². The summed E-state index contributed by atoms with van der Waals surface area (Å²) in [7, 11) is 0. The predicted octanol–water partition coefficient (Wildman–Crippen LogP) is 3.16. The highest BCUT2D eigenvalue weighted by Crippen LogP contribution is 2.27. The van der Waals surface area contributed by atoms with Crippen LogP contribution < -0.4 is 10.5 Å². The van der Waals surface area contributed by atoms with Crippen LogP contribution in [0.25, 0.3) is 0 Å². The molecule has 0 atom stereocenters. The van der Waals surface area contributed by atoms with Gasteiger partial charge in [0.2, 0.25) is 11.8 Å². The molecule has 4 nitrogen and oxygen atoms in total. The molecule has 0 amide bonds. The van der Waals surface area contributed by atoms with Crippen molar-refractivity contribution in [3.63, 3.8) is 0 Å². The number of benzene rings is 1. The quantitative estimate of drug-likeness (QED) is 0.896. The third kappa shape index (κ3) is 2.74. The monoisotopic (exact) mass is 255 g/mol. The van der Waals surface area contributed by atoms with Gasteiger partial charge in [-0.15, -0.1) is 0 Å². The summed E-state index contributed by atoms with van der Waals surface area (Å²) in [6, 6.07) is 6.47. The molecule has 0 saturated carbocycles. The fourth-order valence-electron chi connectivity index (χ4n) is 1.12. The van der Waals surface area contributed by atoms with Gasteiger partial charge < -0.3 is 10.5 Å². The first-order chi connectivity index (χ1) is 7.63. The number of nitrogens with zero attached hydrogens (tertiary/aromatic N) is 2. The Hall–Kier alpha value is -1.52. The van der Waals surface area contributed by atoms with Crippen LogP contribution in [0.15, 0.2) is 30.5 Å². The van der Waals surface area contributed by atoms with Gasteiger partial charge in [0, 0.05) is 22.3 Å². The lowest BCUT2D eigenvalue weighted by Crippen LogP contribution is -1.95. The Bertz CT molecular complexity index is 499. The lowest BCUT2D eigenvalue weighted by atomic mass is 10.3. The summed E-state index contributed by atoms with van der Waals surface area (Å²) >= 11 is 11.7. The van der Waals surface area contributed by atoms with E-state index in [0.717, 1.165) is 0 Å². The summed E-state index contributed by atoms with van der Waals surface area (Å²) in [4.78, 5) is 7.64. The molecule has 1 aromatic carbocycles. The molecule has 82 valence electrons. The summed E-state index contributed by atoms with van der Waals surface area (Å²) < 4.78 is 5.42. The van der Waals surface area contributed by atoms with E-state index in [-0.39, 0.29) is 5.95 Å². The molecule has 16 heavy (non-hydrogen) atoms. The van der Waals surface area contributed by atoms with Gasteiger partial charge >= 0.3 is 0 Å². The first-order valence-electron chi connectivity index (χ1n) is 4.36. The second-order valence-corrected chi connectivity index (χ2v) is 3.83. The molecule has 0 aliphatic heterocycles. The van der Waals surface area contributed by atoms with E-state index in [1.807, 2.05) is 0 Å². The van der Waals surface area contributed by atoms with Gasteiger partial charge in [-0.3, -0.25) is 0 Å². The van der Waals surface area contributed by atoms with Crippen molar-refractivity contribution in [1.29, 1.82) is 0 Å². The molecule has 2 N–H and O–H groups in total. The van der Waals surface area contributed by atoms with E-state index in [9.17, 15) is 0 Å². The van der Waals surface area contributed by atoms with Crippen LogP contribution in [0.5, 0.6) is 11.6 Å². The Morgan fingerprint density at radius 3 is 2.44 bits per heavy atom. The maximum atomic E-state index is 5.83. The predicted molar refractivity (Wildman–Crippen MR) is 63.0 cm³/mol. The molecule has 2 aromatic rings. The fraction of sp³-hybridized carbons (Fsp3) is 0. The number of hydrogen-bond donors (Lipinski definition) is 1. The van der Waals surface area contributed by atoms with E-state index in [4.69, 9.17) is 33.7 Å². The topological polar surface area (TPSA) is 61.0 Å². The SMILES string of the molecule is Nc1nccc(Oc2cc(Cl)cc(Cl)c2)n1. The third-order valence-electron chi connectivity index (χ3n) is 1.71. The smallest absolute Gasteiger partial charge is 0.224 e. The van der Waals surface area contributed by atoms with Crippen LogP contribution in [-0.4, -0.2) is 9.97 Å². The number of hydrogen-bond acceptors (Lipinski definition) is 4. The normalized spacial score (nSPS) is 10.1. The summed E-state index contributed by atoms with van der Waals surface area (Å²) in [5, 5.41) is 0.981. The first-order valence-corrected chi connectivity index (χ1v) is 5.11. The van der Waals surface area contributed by atoms with Crippen molar-refractivity contribution in [3.8, 4) is 11.6 Å². The molecule has 0 unspecified atom stereocenters. The van der Waals surface area contributed by atoms with Gasteiger partial charge in [-0.25, -0.2) is 4.98 Å². The van der Waals surface area contributed by atoms with Crippen molar-refractivity contribution in [2.45, 2.75) is 0 Å². The highest BCUT2D eigenvalue weighted by Gasteiger charge is 2.02. The Kier molecular flexibility index (Phi) is 3.12. The van der Waals surface area contributed by atoms with E-state index >= 15 is 0 Å². The van der Waals surface area contributed by atoms with Crippen molar-refractivity contribution < 1.29 is 4.74 Å². The zero-order valence-electron chi connectivity index (χ0n) is 8.02. The Morgan fingerprint density at radius 2 is 1.81 bits per heavy atom. The number of ether oxygens (including phenoxy) is 1. The molecular formula is C10H7Cl2N3O. The van der Waals surface area contributed by atoms with Gasteiger partial charge in [-0.1, -0.05) is 23.2 Å². The van der Waals surface area contributed by atoms with Crippen LogP contribution in [0, 0.1) is 0 Å². The van der Waals surface area contributed by atoms with Crippen LogP contribution in [-0.2, 0) is 0 Å². The molecule has 0 bridgehead atoms. The molecule has 0 aliphatic rings. The largest absolute Gasteiger partial charge is 0.439 e. The van der Waals surface area contributed by atoms with E-state index in [1.165, 1.54) is 6.20 Å². The highest BCUT2D eigenvalue weighted by atomic mass is 35.5. The van der Waals surface area contributed by atoms with Crippen molar-refractivity contribution in [1.82, 2.24) is 9.97 Å². The van der Waals surface area contributed by atoms with E-state index in [0.29, 0.717) is 21.7 Å². The third-order valence-corrected chi connectivity index (χ3v) is 2.14. The lowest BCUT2D eigenvalue weighted by Gasteiger charge is -2.05. The Balaban J connectivity index is 2.27. The lowest BCUT2D eigenvalue weighted by molar-refractivity contribution is 0.462. The van der Waals surface area contributed by atoms with Crippen LogP contribution in [0.1, 0.15) is 0 Å². The number of aromatic nitrogens is 2. The van der Waals surface area contributed by atoms with Gasteiger partial charge in [0.05, 0.1) is 0 Å². The summed E-state index contributed by atoms with van der Waals surface area (Å²) in [5.41, 5.74) is 5.42. The summed E-state index contributed by atoms with van der Waals surface area (Å²) in [6.45, 7) is 0. The summed E-state index contributed by atoms with van der Waals surface area (Å²) in [5.74, 6) is 0.979. The van der Waals surface area contributed by atoms with Crippen LogP contribution >= 0.6 is 23.2 Å². The molecule has 1 aromatic heterocycles. The highest BCUT2D eigenvalue weighted by molar-refractivity contribution is 6.34. The van der Waals surface area contributed by atoms with Gasteiger partial charge in [0.15, 0.2) is 0 Å². The van der Waals surface area contributed by atoms with Crippen molar-refractivity contribution in [2.75, 3.05) is 5.73 Å². The molecule has 0 fully saturated rings. The minimum atomic E-state index is 0.144. The minimum absolute atomic E-state index is 0.144. The molecule has 0 saturated heterocycles. The Labute approximate surface area is 102 Å². The number of anilines is 1. The standard InChI is InChI=1S/C10H7Cl2N3O/c11-6-3-7(12)5-8(4-6)16-9-1-2-14-10(13)15-9/h1-5H,(H2,13,14,15). The average Bonchev–Trinajstić information content (AvgIpc) is 2.15. The maximum absolute atomic E-state index is 5.83. The molecule has 2 rings (SSSR count). The van der Waals surface area contributed by atoms with E-state index in [1.54, 1.807) is 24.3 Å².